The van der Waals surface area contributed by atoms with Gasteiger partial charge in [0.15, 0.2) is 11.4 Å². The Morgan fingerprint density at radius 1 is 1.03 bits per heavy atom. The molecule has 1 heterocycles. The molecule has 5 nitrogen and oxygen atoms in total. The van der Waals surface area contributed by atoms with Gasteiger partial charge in [-0.25, -0.2) is 4.89 Å². The maximum atomic E-state index is 6.68. The summed E-state index contributed by atoms with van der Waals surface area (Å²) in [5.74, 6) is 1.12. The lowest BCUT2D eigenvalue weighted by molar-refractivity contribution is -0.636. The molecular formula is C25H40O5Si. The fourth-order valence-corrected chi connectivity index (χ4v) is 7.09. The van der Waals surface area contributed by atoms with Gasteiger partial charge in [0, 0.05) is 18.1 Å². The highest BCUT2D eigenvalue weighted by atomic mass is 28.4. The van der Waals surface area contributed by atoms with Crippen LogP contribution in [0.15, 0.2) is 18.2 Å². The molecule has 0 N–H and O–H groups in total. The summed E-state index contributed by atoms with van der Waals surface area (Å²) >= 11 is 0. The molecule has 4 rings (SSSR count). The third-order valence-corrected chi connectivity index (χ3v) is 14.0. The van der Waals surface area contributed by atoms with Crippen molar-refractivity contribution in [1.29, 1.82) is 0 Å². The third kappa shape index (κ3) is 2.71. The summed E-state index contributed by atoms with van der Waals surface area (Å²) in [6.07, 6.45) is 3.29. The molecule has 0 radical (unpaired) electrons. The van der Waals surface area contributed by atoms with Crippen molar-refractivity contribution in [2.24, 2.45) is 16.7 Å². The first-order valence-corrected chi connectivity index (χ1v) is 14.4. The van der Waals surface area contributed by atoms with Gasteiger partial charge in [0.2, 0.25) is 0 Å². The third-order valence-electron chi connectivity index (χ3n) is 9.70. The average Bonchev–Trinajstić information content (AvgIpc) is 2.99. The first-order valence-electron chi connectivity index (χ1n) is 11.5. The van der Waals surface area contributed by atoms with E-state index in [0.717, 1.165) is 29.9 Å². The quantitative estimate of drug-likeness (QED) is 0.384. The van der Waals surface area contributed by atoms with E-state index >= 15 is 0 Å². The van der Waals surface area contributed by atoms with Crippen LogP contribution in [0, 0.1) is 16.7 Å². The summed E-state index contributed by atoms with van der Waals surface area (Å²) in [6, 6.07) is 6.05. The molecule has 1 aliphatic heterocycles. The lowest BCUT2D eigenvalue weighted by atomic mass is 9.60. The Labute approximate surface area is 188 Å². The second-order valence-electron chi connectivity index (χ2n) is 12.0. The van der Waals surface area contributed by atoms with Crippen LogP contribution in [0.5, 0.6) is 11.5 Å². The van der Waals surface area contributed by atoms with Crippen molar-refractivity contribution in [3.05, 3.63) is 23.8 Å². The molecule has 1 aromatic rings. The zero-order valence-electron chi connectivity index (χ0n) is 21.0. The highest BCUT2D eigenvalue weighted by molar-refractivity contribution is 6.74. The molecule has 2 bridgehead atoms. The molecule has 174 valence electrons. The van der Waals surface area contributed by atoms with Crippen molar-refractivity contribution >= 4 is 8.32 Å². The van der Waals surface area contributed by atoms with Gasteiger partial charge in [-0.15, -0.1) is 0 Å². The van der Waals surface area contributed by atoms with Crippen molar-refractivity contribution in [2.45, 2.75) is 90.3 Å². The lowest BCUT2D eigenvalue weighted by Crippen LogP contribution is -2.72. The predicted octanol–water partition coefficient (Wildman–Crippen LogP) is 6.43. The first kappa shape index (κ1) is 23.1. The van der Waals surface area contributed by atoms with Gasteiger partial charge in [-0.2, -0.15) is 4.89 Å². The van der Waals surface area contributed by atoms with Crippen molar-refractivity contribution < 1.29 is 23.7 Å². The Hall–Kier alpha value is -1.08. The fourth-order valence-electron chi connectivity index (χ4n) is 6.08. The zero-order valence-corrected chi connectivity index (χ0v) is 22.0. The molecule has 0 aromatic heterocycles. The van der Waals surface area contributed by atoms with E-state index in [2.05, 4.69) is 60.7 Å². The summed E-state index contributed by atoms with van der Waals surface area (Å²) < 4.78 is 18.5. The van der Waals surface area contributed by atoms with Crippen LogP contribution in [-0.2, 0) is 20.3 Å². The second kappa shape index (κ2) is 6.72. The van der Waals surface area contributed by atoms with Crippen LogP contribution in [0.4, 0.5) is 0 Å². The number of benzene rings is 1. The number of hydrogen-bond acceptors (Lipinski definition) is 5. The van der Waals surface area contributed by atoms with Gasteiger partial charge in [0.25, 0.3) is 14.1 Å². The molecule has 0 amide bonds. The van der Waals surface area contributed by atoms with Gasteiger partial charge in [0.1, 0.15) is 5.75 Å². The van der Waals surface area contributed by atoms with Crippen molar-refractivity contribution in [1.82, 2.24) is 0 Å². The summed E-state index contributed by atoms with van der Waals surface area (Å²) in [5, 5.41) is 0.0758. The number of methoxy groups -OCH3 is 2. The Balaban J connectivity index is 1.79. The molecule has 3 aliphatic rings. The Kier molecular flexibility index (Phi) is 5.00. The van der Waals surface area contributed by atoms with Gasteiger partial charge in [-0.3, -0.25) is 0 Å². The molecule has 2 saturated carbocycles. The Bertz CT molecular complexity index is 871. The van der Waals surface area contributed by atoms with Gasteiger partial charge < -0.3 is 13.9 Å². The summed E-state index contributed by atoms with van der Waals surface area (Å²) in [6.45, 7) is 18.3. The molecule has 4 atom stereocenters. The lowest BCUT2D eigenvalue weighted by Gasteiger charge is -2.61. The molecule has 6 heteroatoms. The van der Waals surface area contributed by atoms with E-state index in [4.69, 9.17) is 23.7 Å². The largest absolute Gasteiger partial charge is 0.541 e. The summed E-state index contributed by atoms with van der Waals surface area (Å²) in [5.41, 5.74) is 0.539. The van der Waals surface area contributed by atoms with Crippen LogP contribution in [0.3, 0.4) is 0 Å². The Morgan fingerprint density at radius 2 is 1.71 bits per heavy atom. The molecule has 31 heavy (non-hydrogen) atoms. The molecule has 4 unspecified atom stereocenters. The SMILES string of the molecule is COc1ccc(C2(OC)OOC23CC2CCC3(C)C2(C)C)cc1O[Si](C)(C)C(C)(C)C. The highest BCUT2D eigenvalue weighted by Crippen LogP contribution is 2.77. The minimum absolute atomic E-state index is 0.0424. The van der Waals surface area contributed by atoms with Gasteiger partial charge >= 0.3 is 0 Å². The van der Waals surface area contributed by atoms with E-state index in [-0.39, 0.29) is 15.9 Å². The van der Waals surface area contributed by atoms with Crippen LogP contribution in [0.25, 0.3) is 0 Å². The summed E-state index contributed by atoms with van der Waals surface area (Å²) in [7, 11) is 1.35. The highest BCUT2D eigenvalue weighted by Gasteiger charge is 2.83. The van der Waals surface area contributed by atoms with Crippen LogP contribution >= 0.6 is 0 Å². The zero-order chi connectivity index (χ0) is 23.1. The van der Waals surface area contributed by atoms with Crippen LogP contribution < -0.4 is 9.16 Å². The molecule has 3 fully saturated rings. The van der Waals surface area contributed by atoms with E-state index in [0.29, 0.717) is 5.92 Å². The summed E-state index contributed by atoms with van der Waals surface area (Å²) in [4.78, 5) is 12.0. The number of rotatable bonds is 5. The maximum Gasteiger partial charge on any atom is 0.260 e. The van der Waals surface area contributed by atoms with Gasteiger partial charge in [0.05, 0.1) is 7.11 Å². The molecular weight excluding hydrogens is 408 g/mol. The predicted molar refractivity (Wildman–Crippen MR) is 124 cm³/mol. The van der Waals surface area contributed by atoms with Crippen molar-refractivity contribution in [2.75, 3.05) is 14.2 Å². The standard InChI is InChI=1S/C25H40O5Si/c1-21(2,3)31(9,10)28-20-15-17(11-12-19(20)26-7)25(27-8)24(29-30-25)16-18-13-14-23(24,6)22(18,4)5/h11-12,15,18H,13-14,16H2,1-10H3. The smallest absolute Gasteiger partial charge is 0.260 e. The molecule has 1 aromatic carbocycles. The molecule has 1 spiro atoms. The van der Waals surface area contributed by atoms with Gasteiger partial charge in [-0.1, -0.05) is 41.5 Å². The van der Waals surface area contributed by atoms with E-state index in [1.54, 1.807) is 14.2 Å². The number of fused-ring (bicyclic) bond motifs is 3. The Morgan fingerprint density at radius 3 is 2.13 bits per heavy atom. The minimum atomic E-state index is -2.06. The monoisotopic (exact) mass is 448 g/mol. The van der Waals surface area contributed by atoms with E-state index < -0.39 is 19.7 Å². The number of hydrogen-bond donors (Lipinski definition) is 0. The van der Waals surface area contributed by atoms with Crippen molar-refractivity contribution in [3.63, 3.8) is 0 Å². The van der Waals surface area contributed by atoms with Crippen molar-refractivity contribution in [3.8, 4) is 11.5 Å². The average molecular weight is 449 g/mol. The fraction of sp³-hybridized carbons (Fsp3) is 0.760. The number of ether oxygens (including phenoxy) is 2. The first-order chi connectivity index (χ1) is 14.2. The van der Waals surface area contributed by atoms with E-state index in [1.807, 2.05) is 12.1 Å². The van der Waals surface area contributed by atoms with E-state index in [1.165, 1.54) is 6.42 Å². The second-order valence-corrected chi connectivity index (χ2v) is 16.8. The normalized spacial score (nSPS) is 36.5. The van der Waals surface area contributed by atoms with Crippen LogP contribution in [0.1, 0.15) is 66.4 Å². The molecule has 1 saturated heterocycles. The minimum Gasteiger partial charge on any atom is -0.541 e. The van der Waals surface area contributed by atoms with E-state index in [9.17, 15) is 0 Å². The molecule has 2 aliphatic carbocycles. The maximum absolute atomic E-state index is 6.68. The topological polar surface area (TPSA) is 46.2 Å². The van der Waals surface area contributed by atoms with Crippen LogP contribution in [0.2, 0.25) is 18.1 Å². The van der Waals surface area contributed by atoms with Crippen LogP contribution in [-0.4, -0.2) is 28.1 Å². The van der Waals surface area contributed by atoms with Gasteiger partial charge in [-0.05, 0) is 66.9 Å².